The molecular weight excluding hydrogens is 360 g/mol. The van der Waals surface area contributed by atoms with Gasteiger partial charge in [0.15, 0.2) is 0 Å². The predicted molar refractivity (Wildman–Crippen MR) is 107 cm³/mol. The van der Waals surface area contributed by atoms with Gasteiger partial charge in [-0.2, -0.15) is 4.31 Å². The molecule has 0 aliphatic carbocycles. The number of hydrogen-bond acceptors (Lipinski definition) is 3. The van der Waals surface area contributed by atoms with Crippen LogP contribution in [-0.4, -0.2) is 31.7 Å². The molecule has 144 valence electrons. The molecule has 1 saturated heterocycles. The van der Waals surface area contributed by atoms with E-state index in [9.17, 15) is 13.2 Å². The lowest BCUT2D eigenvalue weighted by atomic mass is 9.94. The second-order valence-corrected chi connectivity index (χ2v) is 9.55. The predicted octanol–water partition coefficient (Wildman–Crippen LogP) is 3.91. The first-order chi connectivity index (χ1) is 12.8. The van der Waals surface area contributed by atoms with Gasteiger partial charge in [-0.1, -0.05) is 31.5 Å². The molecule has 3 rings (SSSR count). The Morgan fingerprint density at radius 3 is 2.07 bits per heavy atom. The topological polar surface area (TPSA) is 66.5 Å². The number of sulfonamides is 1. The van der Waals surface area contributed by atoms with Crippen LogP contribution < -0.4 is 5.32 Å². The molecule has 0 bridgehead atoms. The Bertz CT molecular complexity index is 895. The van der Waals surface area contributed by atoms with Crippen LogP contribution in [-0.2, 0) is 10.0 Å². The van der Waals surface area contributed by atoms with Gasteiger partial charge >= 0.3 is 0 Å². The third-order valence-corrected chi connectivity index (χ3v) is 6.74. The third kappa shape index (κ3) is 4.57. The third-order valence-electron chi connectivity index (χ3n) is 4.90. The second-order valence-electron chi connectivity index (χ2n) is 7.61. The highest BCUT2D eigenvalue weighted by Crippen LogP contribution is 2.27. The average molecular weight is 387 g/mol. The molecule has 5 nitrogen and oxygen atoms in total. The van der Waals surface area contributed by atoms with E-state index in [1.165, 1.54) is 0 Å². The Morgan fingerprint density at radius 2 is 1.52 bits per heavy atom. The number of rotatable bonds is 4. The normalized spacial score (nSPS) is 21.0. The summed E-state index contributed by atoms with van der Waals surface area (Å²) in [7, 11) is -3.51. The molecule has 0 aromatic heterocycles. The van der Waals surface area contributed by atoms with Crippen LogP contribution >= 0.6 is 0 Å². The number of amides is 1. The number of hydrogen-bond donors (Lipinski definition) is 1. The van der Waals surface area contributed by atoms with Gasteiger partial charge in [0, 0.05) is 24.3 Å². The highest BCUT2D eigenvalue weighted by atomic mass is 32.2. The monoisotopic (exact) mass is 386 g/mol. The minimum atomic E-state index is -3.51. The number of carbonyl (C=O) groups excluding carboxylic acids is 1. The van der Waals surface area contributed by atoms with E-state index >= 15 is 0 Å². The Balaban J connectivity index is 1.72. The number of piperidine rings is 1. The summed E-state index contributed by atoms with van der Waals surface area (Å²) in [5.74, 6) is 0.498. The van der Waals surface area contributed by atoms with Crippen LogP contribution in [0.1, 0.15) is 36.2 Å². The van der Waals surface area contributed by atoms with Crippen molar-refractivity contribution in [1.82, 2.24) is 4.31 Å². The minimum Gasteiger partial charge on any atom is -0.322 e. The van der Waals surface area contributed by atoms with Gasteiger partial charge < -0.3 is 5.32 Å². The lowest BCUT2D eigenvalue weighted by Gasteiger charge is -2.34. The summed E-state index contributed by atoms with van der Waals surface area (Å²) >= 11 is 0. The van der Waals surface area contributed by atoms with Crippen molar-refractivity contribution in [3.05, 3.63) is 59.7 Å². The van der Waals surface area contributed by atoms with Gasteiger partial charge in [-0.3, -0.25) is 4.79 Å². The van der Waals surface area contributed by atoms with Crippen molar-refractivity contribution in [3.63, 3.8) is 0 Å². The molecule has 0 unspecified atom stereocenters. The van der Waals surface area contributed by atoms with Crippen molar-refractivity contribution >= 4 is 21.6 Å². The fraction of sp³-hybridized carbons (Fsp3) is 0.381. The molecule has 1 amide bonds. The van der Waals surface area contributed by atoms with Crippen LogP contribution in [0.3, 0.4) is 0 Å². The highest BCUT2D eigenvalue weighted by molar-refractivity contribution is 7.89. The molecule has 0 spiro atoms. The number of anilines is 1. The van der Waals surface area contributed by atoms with E-state index in [2.05, 4.69) is 19.2 Å². The van der Waals surface area contributed by atoms with Crippen LogP contribution in [0.4, 0.5) is 5.69 Å². The Kier molecular flexibility index (Phi) is 5.67. The van der Waals surface area contributed by atoms with Crippen LogP contribution in [0.5, 0.6) is 0 Å². The molecule has 1 aliphatic heterocycles. The first-order valence-corrected chi connectivity index (χ1v) is 10.7. The smallest absolute Gasteiger partial charge is 0.255 e. The van der Waals surface area contributed by atoms with E-state index in [4.69, 9.17) is 0 Å². The Hall–Kier alpha value is -2.18. The van der Waals surface area contributed by atoms with Gasteiger partial charge in [0.1, 0.15) is 0 Å². The highest BCUT2D eigenvalue weighted by Gasteiger charge is 2.31. The maximum Gasteiger partial charge on any atom is 0.255 e. The SMILES string of the molecule is Cc1ccc(C(=O)Nc2ccc(S(=O)(=O)N3C[C@@H](C)C[C@H](C)C3)cc2)cc1. The van der Waals surface area contributed by atoms with Crippen molar-refractivity contribution in [2.45, 2.75) is 32.1 Å². The van der Waals surface area contributed by atoms with Crippen LogP contribution in [0, 0.1) is 18.8 Å². The van der Waals surface area contributed by atoms with Gasteiger partial charge in [-0.25, -0.2) is 8.42 Å². The second kappa shape index (κ2) is 7.82. The van der Waals surface area contributed by atoms with Crippen molar-refractivity contribution < 1.29 is 13.2 Å². The lowest BCUT2D eigenvalue weighted by Crippen LogP contribution is -2.42. The van der Waals surface area contributed by atoms with Gasteiger partial charge in [0.25, 0.3) is 5.91 Å². The zero-order valence-corrected chi connectivity index (χ0v) is 16.8. The summed E-state index contributed by atoms with van der Waals surface area (Å²) in [5.41, 5.74) is 2.22. The number of benzene rings is 2. The van der Waals surface area contributed by atoms with E-state index < -0.39 is 10.0 Å². The molecule has 1 heterocycles. The number of carbonyl (C=O) groups is 1. The van der Waals surface area contributed by atoms with Gasteiger partial charge in [-0.05, 0) is 61.6 Å². The summed E-state index contributed by atoms with van der Waals surface area (Å²) in [4.78, 5) is 12.6. The number of nitrogens with one attached hydrogen (secondary N) is 1. The largest absolute Gasteiger partial charge is 0.322 e. The average Bonchev–Trinajstić information content (AvgIpc) is 2.62. The molecule has 1 N–H and O–H groups in total. The van der Waals surface area contributed by atoms with E-state index in [0.717, 1.165) is 12.0 Å². The summed E-state index contributed by atoms with van der Waals surface area (Å²) in [6, 6.07) is 13.7. The Labute approximate surface area is 161 Å². The summed E-state index contributed by atoms with van der Waals surface area (Å²) in [6.45, 7) is 7.24. The van der Waals surface area contributed by atoms with Gasteiger partial charge in [-0.15, -0.1) is 0 Å². The van der Waals surface area contributed by atoms with Crippen LogP contribution in [0.25, 0.3) is 0 Å². The molecule has 2 aromatic carbocycles. The summed E-state index contributed by atoms with van der Waals surface area (Å²) in [6.07, 6.45) is 1.05. The van der Waals surface area contributed by atoms with Crippen molar-refractivity contribution in [2.75, 3.05) is 18.4 Å². The first kappa shape index (κ1) is 19.6. The van der Waals surface area contributed by atoms with Crippen molar-refractivity contribution in [3.8, 4) is 0 Å². The molecule has 2 atom stereocenters. The van der Waals surface area contributed by atoms with E-state index in [1.54, 1.807) is 40.7 Å². The zero-order chi connectivity index (χ0) is 19.6. The molecule has 0 radical (unpaired) electrons. The minimum absolute atomic E-state index is 0.218. The zero-order valence-electron chi connectivity index (χ0n) is 16.0. The molecule has 2 aromatic rings. The van der Waals surface area contributed by atoms with Crippen molar-refractivity contribution in [2.24, 2.45) is 11.8 Å². The summed E-state index contributed by atoms with van der Waals surface area (Å²) < 4.78 is 27.4. The molecular formula is C21H26N2O3S. The number of nitrogens with zero attached hydrogens (tertiary/aromatic N) is 1. The molecule has 27 heavy (non-hydrogen) atoms. The first-order valence-electron chi connectivity index (χ1n) is 9.24. The maximum atomic E-state index is 12.9. The molecule has 6 heteroatoms. The number of aryl methyl sites for hydroxylation is 1. The molecule has 1 fully saturated rings. The van der Waals surface area contributed by atoms with Crippen LogP contribution in [0.2, 0.25) is 0 Å². The quantitative estimate of drug-likeness (QED) is 0.866. The van der Waals surface area contributed by atoms with Crippen LogP contribution in [0.15, 0.2) is 53.4 Å². The fourth-order valence-electron chi connectivity index (χ4n) is 3.57. The van der Waals surface area contributed by atoms with Gasteiger partial charge in [0.05, 0.1) is 4.90 Å². The summed E-state index contributed by atoms with van der Waals surface area (Å²) in [5, 5.41) is 2.80. The van der Waals surface area contributed by atoms with Crippen molar-refractivity contribution in [1.29, 1.82) is 0 Å². The lowest BCUT2D eigenvalue weighted by molar-refractivity contribution is 0.102. The van der Waals surface area contributed by atoms with E-state index in [-0.39, 0.29) is 10.8 Å². The molecule has 0 saturated carbocycles. The van der Waals surface area contributed by atoms with E-state index in [0.29, 0.717) is 36.2 Å². The van der Waals surface area contributed by atoms with Gasteiger partial charge in [0.2, 0.25) is 10.0 Å². The molecule has 1 aliphatic rings. The van der Waals surface area contributed by atoms with E-state index in [1.807, 2.05) is 19.1 Å². The fourth-order valence-corrected chi connectivity index (χ4v) is 5.25. The Morgan fingerprint density at radius 1 is 0.963 bits per heavy atom. The standard InChI is InChI=1S/C21H26N2O3S/c1-15-4-6-18(7-5-15)21(24)22-19-8-10-20(11-9-19)27(25,26)23-13-16(2)12-17(3)14-23/h4-11,16-17H,12-14H2,1-3H3,(H,22,24)/t16-,17-/m0/s1. The maximum absolute atomic E-state index is 12.9.